The molecule has 0 aromatic carbocycles. The van der Waals surface area contributed by atoms with Crippen LogP contribution in [0.2, 0.25) is 0 Å². The van der Waals surface area contributed by atoms with Gasteiger partial charge in [-0.15, -0.1) is 0 Å². The Labute approximate surface area is 116 Å². The maximum Gasteiger partial charge on any atom is 0.326 e. The number of urea groups is 1. The summed E-state index contributed by atoms with van der Waals surface area (Å²) in [6.45, 7) is 9.94. The maximum atomic E-state index is 11.9. The second-order valence-corrected chi connectivity index (χ2v) is 5.46. The summed E-state index contributed by atoms with van der Waals surface area (Å²) in [6, 6.07) is -1.22. The third kappa shape index (κ3) is 5.94. The minimum Gasteiger partial charge on any atom is -0.480 e. The molecule has 0 radical (unpaired) electrons. The van der Waals surface area contributed by atoms with Gasteiger partial charge >= 0.3 is 12.0 Å². The van der Waals surface area contributed by atoms with Crippen molar-refractivity contribution < 1.29 is 14.7 Å². The van der Waals surface area contributed by atoms with E-state index in [1.54, 1.807) is 0 Å². The fourth-order valence-corrected chi connectivity index (χ4v) is 2.14. The predicted molar refractivity (Wildman–Crippen MR) is 76.2 cm³/mol. The molecule has 2 amide bonds. The van der Waals surface area contributed by atoms with Crippen molar-refractivity contribution in [2.75, 3.05) is 0 Å². The highest BCUT2D eigenvalue weighted by molar-refractivity contribution is 5.82. The highest BCUT2D eigenvalue weighted by Gasteiger charge is 2.28. The van der Waals surface area contributed by atoms with Gasteiger partial charge < -0.3 is 15.7 Å². The van der Waals surface area contributed by atoms with E-state index in [9.17, 15) is 9.59 Å². The molecule has 0 heterocycles. The first-order valence-corrected chi connectivity index (χ1v) is 7.11. The van der Waals surface area contributed by atoms with Crippen LogP contribution in [0.5, 0.6) is 0 Å². The Morgan fingerprint density at radius 2 is 1.58 bits per heavy atom. The zero-order valence-corrected chi connectivity index (χ0v) is 12.7. The lowest BCUT2D eigenvalue weighted by Crippen LogP contribution is -2.54. The molecule has 5 nitrogen and oxygen atoms in total. The number of carbonyl (C=O) groups is 2. The number of carboxylic acid groups (broad SMARTS) is 1. The van der Waals surface area contributed by atoms with Crippen LogP contribution in [0.3, 0.4) is 0 Å². The Kier molecular flexibility index (Phi) is 7.49. The van der Waals surface area contributed by atoms with Gasteiger partial charge in [-0.3, -0.25) is 0 Å². The molecule has 19 heavy (non-hydrogen) atoms. The molecule has 0 saturated carbocycles. The van der Waals surface area contributed by atoms with Crippen molar-refractivity contribution in [2.45, 2.75) is 71.9 Å². The summed E-state index contributed by atoms with van der Waals surface area (Å²) in [5.74, 6) is -0.770. The monoisotopic (exact) mass is 272 g/mol. The van der Waals surface area contributed by atoms with Crippen LogP contribution < -0.4 is 10.6 Å². The Morgan fingerprint density at radius 1 is 1.11 bits per heavy atom. The van der Waals surface area contributed by atoms with Crippen molar-refractivity contribution in [2.24, 2.45) is 5.92 Å². The topological polar surface area (TPSA) is 78.4 Å². The summed E-state index contributed by atoms with van der Waals surface area (Å²) >= 11 is 0. The molecule has 0 fully saturated rings. The zero-order valence-electron chi connectivity index (χ0n) is 12.7. The minimum absolute atomic E-state index is 0.217. The molecular formula is C14H28N2O3. The summed E-state index contributed by atoms with van der Waals surface area (Å²) in [5.41, 5.74) is -0.245. The Bertz CT molecular complexity index is 291. The summed E-state index contributed by atoms with van der Waals surface area (Å²) in [4.78, 5) is 23.0. The number of rotatable bonds is 8. The fourth-order valence-electron chi connectivity index (χ4n) is 2.14. The highest BCUT2D eigenvalue weighted by atomic mass is 16.4. The van der Waals surface area contributed by atoms with Crippen LogP contribution in [0.25, 0.3) is 0 Å². The van der Waals surface area contributed by atoms with Crippen LogP contribution in [0.15, 0.2) is 0 Å². The van der Waals surface area contributed by atoms with Gasteiger partial charge in [0.1, 0.15) is 6.04 Å². The van der Waals surface area contributed by atoms with Crippen molar-refractivity contribution in [3.63, 3.8) is 0 Å². The lowest BCUT2D eigenvalue weighted by atomic mass is 9.90. The lowest BCUT2D eigenvalue weighted by molar-refractivity contribution is -0.139. The molecule has 0 aromatic rings. The first-order chi connectivity index (χ1) is 8.80. The molecule has 0 aliphatic heterocycles. The zero-order chi connectivity index (χ0) is 15.1. The average molecular weight is 272 g/mol. The summed E-state index contributed by atoms with van der Waals surface area (Å²) in [5, 5.41) is 14.6. The third-order valence-electron chi connectivity index (χ3n) is 3.72. The molecule has 0 aromatic heterocycles. The van der Waals surface area contributed by atoms with E-state index in [-0.39, 0.29) is 11.5 Å². The van der Waals surface area contributed by atoms with Gasteiger partial charge in [0.25, 0.3) is 0 Å². The normalized spacial score (nSPS) is 13.2. The molecule has 0 aliphatic rings. The first-order valence-electron chi connectivity index (χ1n) is 7.11. The van der Waals surface area contributed by atoms with E-state index in [1.807, 2.05) is 34.6 Å². The van der Waals surface area contributed by atoms with E-state index in [2.05, 4.69) is 10.6 Å². The van der Waals surface area contributed by atoms with E-state index in [0.717, 1.165) is 19.3 Å². The molecule has 0 rings (SSSR count). The van der Waals surface area contributed by atoms with E-state index in [4.69, 9.17) is 5.11 Å². The maximum absolute atomic E-state index is 11.9. The van der Waals surface area contributed by atoms with Crippen molar-refractivity contribution >= 4 is 12.0 Å². The second-order valence-electron chi connectivity index (χ2n) is 5.46. The van der Waals surface area contributed by atoms with Crippen LogP contribution in [0.1, 0.15) is 60.3 Å². The van der Waals surface area contributed by atoms with Crippen LogP contribution in [-0.2, 0) is 4.79 Å². The molecule has 0 aliphatic carbocycles. The quantitative estimate of drug-likeness (QED) is 0.635. The number of nitrogens with one attached hydrogen (secondary N) is 2. The van der Waals surface area contributed by atoms with E-state index >= 15 is 0 Å². The molecule has 5 heteroatoms. The highest BCUT2D eigenvalue weighted by Crippen LogP contribution is 2.19. The van der Waals surface area contributed by atoms with E-state index in [0.29, 0.717) is 6.42 Å². The smallest absolute Gasteiger partial charge is 0.326 e. The van der Waals surface area contributed by atoms with Gasteiger partial charge in [0.2, 0.25) is 0 Å². The van der Waals surface area contributed by atoms with Gasteiger partial charge in [0.05, 0.1) is 0 Å². The number of carboxylic acids is 1. The van der Waals surface area contributed by atoms with Crippen molar-refractivity contribution in [1.29, 1.82) is 0 Å². The van der Waals surface area contributed by atoms with Gasteiger partial charge in [-0.05, 0) is 31.6 Å². The van der Waals surface area contributed by atoms with Crippen molar-refractivity contribution in [3.8, 4) is 0 Å². The van der Waals surface area contributed by atoms with Crippen molar-refractivity contribution in [1.82, 2.24) is 10.6 Å². The molecule has 1 atom stereocenters. The Balaban J connectivity index is 4.61. The van der Waals surface area contributed by atoms with Crippen LogP contribution in [-0.4, -0.2) is 28.7 Å². The van der Waals surface area contributed by atoms with Gasteiger partial charge in [0, 0.05) is 5.54 Å². The van der Waals surface area contributed by atoms with Crippen LogP contribution in [0, 0.1) is 5.92 Å². The first kappa shape index (κ1) is 17.7. The summed E-state index contributed by atoms with van der Waals surface area (Å²) in [6.07, 6.45) is 2.92. The Hall–Kier alpha value is -1.26. The number of hydrogen-bond donors (Lipinski definition) is 3. The van der Waals surface area contributed by atoms with Crippen LogP contribution in [0.4, 0.5) is 4.79 Å². The average Bonchev–Trinajstić information content (AvgIpc) is 2.34. The molecule has 0 saturated heterocycles. The molecule has 0 spiro atoms. The Morgan fingerprint density at radius 3 is 1.89 bits per heavy atom. The SMILES string of the molecule is CCC(CC)(CC)NC(=O)N[C@H](CC(C)C)C(=O)O. The number of carbonyl (C=O) groups excluding carboxylic acids is 1. The molecule has 3 N–H and O–H groups in total. The molecule has 0 unspecified atom stereocenters. The minimum atomic E-state index is -0.987. The lowest BCUT2D eigenvalue weighted by Gasteiger charge is -2.32. The molecular weight excluding hydrogens is 244 g/mol. The van der Waals surface area contributed by atoms with E-state index in [1.165, 1.54) is 0 Å². The van der Waals surface area contributed by atoms with E-state index < -0.39 is 18.0 Å². The largest absolute Gasteiger partial charge is 0.480 e. The second kappa shape index (κ2) is 8.02. The van der Waals surface area contributed by atoms with Gasteiger partial charge in [-0.2, -0.15) is 0 Å². The predicted octanol–water partition coefficient (Wildman–Crippen LogP) is 2.75. The molecule has 0 bridgehead atoms. The van der Waals surface area contributed by atoms with Crippen molar-refractivity contribution in [3.05, 3.63) is 0 Å². The van der Waals surface area contributed by atoms with Crippen LogP contribution >= 0.6 is 0 Å². The fraction of sp³-hybridized carbons (Fsp3) is 0.857. The number of aliphatic carboxylic acids is 1. The third-order valence-corrected chi connectivity index (χ3v) is 3.72. The van der Waals surface area contributed by atoms with Gasteiger partial charge in [-0.25, -0.2) is 9.59 Å². The summed E-state index contributed by atoms with van der Waals surface area (Å²) in [7, 11) is 0. The standard InChI is InChI=1S/C14H28N2O3/c1-6-14(7-2,8-3)16-13(19)15-11(12(17)18)9-10(4)5/h10-11H,6-9H2,1-5H3,(H,17,18)(H2,15,16,19)/t11-/m1/s1. The number of amides is 2. The summed E-state index contributed by atoms with van der Waals surface area (Å²) < 4.78 is 0. The number of hydrogen-bond acceptors (Lipinski definition) is 2. The molecule has 112 valence electrons. The van der Waals surface area contributed by atoms with Gasteiger partial charge in [-0.1, -0.05) is 34.6 Å². The van der Waals surface area contributed by atoms with Gasteiger partial charge in [0.15, 0.2) is 0 Å².